The molecule has 0 unspecified atom stereocenters. The predicted molar refractivity (Wildman–Crippen MR) is 55.9 cm³/mol. The number of carbonyl (C=O) groups is 1. The number of likely N-dealkylation sites (N-methyl/N-ethyl adjacent to an activating group) is 1. The van der Waals surface area contributed by atoms with Crippen molar-refractivity contribution < 1.29 is 13.9 Å². The van der Waals surface area contributed by atoms with Crippen molar-refractivity contribution in [2.24, 2.45) is 0 Å². The summed E-state index contributed by atoms with van der Waals surface area (Å²) < 4.78 is 18.3. The van der Waals surface area contributed by atoms with E-state index in [-0.39, 0.29) is 17.9 Å². The van der Waals surface area contributed by atoms with Gasteiger partial charge < -0.3 is 10.1 Å². The molecule has 1 N–H and O–H groups in total. The molecule has 0 heterocycles. The van der Waals surface area contributed by atoms with Gasteiger partial charge in [0.05, 0.1) is 19.2 Å². The number of hydrogen-bond acceptors (Lipinski definition) is 3. The first-order chi connectivity index (χ1) is 7.10. The molecule has 1 rings (SSSR count). The van der Waals surface area contributed by atoms with E-state index in [0.717, 1.165) is 0 Å². The third-order valence-corrected chi connectivity index (χ3v) is 2.12. The number of Topliss-reactive ketones (excluding diaryl/α,β-unsaturated/α-hetero) is 1. The highest BCUT2D eigenvalue weighted by Crippen LogP contribution is 2.22. The second-order valence-electron chi connectivity index (χ2n) is 3.26. The highest BCUT2D eigenvalue weighted by molar-refractivity contribution is 6.00. The second-order valence-corrected chi connectivity index (χ2v) is 3.26. The molecule has 82 valence electrons. The molecule has 0 aromatic heterocycles. The molecule has 1 aromatic carbocycles. The van der Waals surface area contributed by atoms with Crippen LogP contribution in [-0.4, -0.2) is 26.5 Å². The summed E-state index contributed by atoms with van der Waals surface area (Å²) in [6, 6.07) is 2.74. The Bertz CT molecular complexity index is 377. The van der Waals surface area contributed by atoms with Crippen LogP contribution in [0.15, 0.2) is 12.1 Å². The van der Waals surface area contributed by atoms with E-state index in [4.69, 9.17) is 4.74 Å². The second kappa shape index (κ2) is 4.89. The van der Waals surface area contributed by atoms with E-state index in [9.17, 15) is 9.18 Å². The van der Waals surface area contributed by atoms with Crippen molar-refractivity contribution in [1.82, 2.24) is 5.32 Å². The maximum absolute atomic E-state index is 13.3. The fraction of sp³-hybridized carbons (Fsp3) is 0.364. The van der Waals surface area contributed by atoms with Gasteiger partial charge in [0, 0.05) is 0 Å². The molecule has 0 fully saturated rings. The number of aryl methyl sites for hydroxylation is 1. The molecule has 0 aliphatic rings. The van der Waals surface area contributed by atoms with Gasteiger partial charge in [-0.05, 0) is 31.7 Å². The molecule has 0 aliphatic heterocycles. The van der Waals surface area contributed by atoms with Crippen molar-refractivity contribution in [3.05, 3.63) is 29.1 Å². The lowest BCUT2D eigenvalue weighted by molar-refractivity contribution is 0.0990. The molecule has 3 nitrogen and oxygen atoms in total. The Morgan fingerprint density at radius 3 is 2.73 bits per heavy atom. The SMILES string of the molecule is CNCC(=O)c1cc(F)c(C)cc1OC. The number of methoxy groups -OCH3 is 1. The van der Waals surface area contributed by atoms with Gasteiger partial charge in [-0.3, -0.25) is 4.79 Å². The van der Waals surface area contributed by atoms with Crippen LogP contribution in [0.5, 0.6) is 5.75 Å². The highest BCUT2D eigenvalue weighted by atomic mass is 19.1. The summed E-state index contributed by atoms with van der Waals surface area (Å²) in [5.74, 6) is -0.169. The van der Waals surface area contributed by atoms with Crippen LogP contribution < -0.4 is 10.1 Å². The number of carbonyl (C=O) groups excluding carboxylic acids is 1. The zero-order chi connectivity index (χ0) is 11.4. The molecule has 0 amide bonds. The number of hydrogen-bond donors (Lipinski definition) is 1. The third kappa shape index (κ3) is 2.53. The minimum atomic E-state index is -0.393. The number of ketones is 1. The maximum Gasteiger partial charge on any atom is 0.180 e. The first-order valence-corrected chi connectivity index (χ1v) is 4.62. The van der Waals surface area contributed by atoms with E-state index in [1.165, 1.54) is 19.2 Å². The zero-order valence-corrected chi connectivity index (χ0v) is 9.06. The van der Waals surface area contributed by atoms with Crippen molar-refractivity contribution in [2.75, 3.05) is 20.7 Å². The van der Waals surface area contributed by atoms with Crippen LogP contribution in [0.4, 0.5) is 4.39 Å². The minimum Gasteiger partial charge on any atom is -0.496 e. The molecular weight excluding hydrogens is 197 g/mol. The van der Waals surface area contributed by atoms with Gasteiger partial charge in [-0.2, -0.15) is 0 Å². The van der Waals surface area contributed by atoms with Gasteiger partial charge in [-0.1, -0.05) is 0 Å². The summed E-state index contributed by atoms with van der Waals surface area (Å²) in [6.45, 7) is 1.79. The average Bonchev–Trinajstić information content (AvgIpc) is 2.21. The summed E-state index contributed by atoms with van der Waals surface area (Å²) in [4.78, 5) is 11.6. The van der Waals surface area contributed by atoms with Crippen LogP contribution in [-0.2, 0) is 0 Å². The van der Waals surface area contributed by atoms with E-state index in [1.807, 2.05) is 0 Å². The van der Waals surface area contributed by atoms with Crippen LogP contribution in [0.3, 0.4) is 0 Å². The van der Waals surface area contributed by atoms with Gasteiger partial charge in [0.2, 0.25) is 0 Å². The van der Waals surface area contributed by atoms with Crippen LogP contribution in [0.1, 0.15) is 15.9 Å². The quantitative estimate of drug-likeness (QED) is 0.768. The summed E-state index contributed by atoms with van der Waals surface area (Å²) in [5, 5.41) is 2.72. The van der Waals surface area contributed by atoms with Crippen LogP contribution >= 0.6 is 0 Å². The molecule has 0 atom stereocenters. The lowest BCUT2D eigenvalue weighted by Crippen LogP contribution is -2.19. The topological polar surface area (TPSA) is 38.3 Å². The lowest BCUT2D eigenvalue weighted by atomic mass is 10.1. The first-order valence-electron chi connectivity index (χ1n) is 4.62. The van der Waals surface area contributed by atoms with Crippen molar-refractivity contribution in [3.8, 4) is 5.75 Å². The summed E-state index contributed by atoms with van der Waals surface area (Å²) in [6.07, 6.45) is 0. The smallest absolute Gasteiger partial charge is 0.180 e. The molecule has 1 aromatic rings. The lowest BCUT2D eigenvalue weighted by Gasteiger charge is -2.09. The maximum atomic E-state index is 13.3. The fourth-order valence-corrected chi connectivity index (χ4v) is 1.30. The number of ether oxygens (including phenoxy) is 1. The number of rotatable bonds is 4. The Labute approximate surface area is 88.2 Å². The number of halogens is 1. The molecule has 0 radical (unpaired) electrons. The van der Waals surface area contributed by atoms with Gasteiger partial charge in [0.1, 0.15) is 11.6 Å². The van der Waals surface area contributed by atoms with Gasteiger partial charge in [-0.15, -0.1) is 0 Å². The van der Waals surface area contributed by atoms with Crippen molar-refractivity contribution in [3.63, 3.8) is 0 Å². The van der Waals surface area contributed by atoms with Crippen LogP contribution in [0, 0.1) is 12.7 Å². The Morgan fingerprint density at radius 2 is 2.20 bits per heavy atom. The normalized spacial score (nSPS) is 10.1. The standard InChI is InChI=1S/C11H14FNO2/c1-7-4-11(15-3)8(5-9(7)12)10(14)6-13-2/h4-5,13H,6H2,1-3H3. The molecule has 4 heteroatoms. The third-order valence-electron chi connectivity index (χ3n) is 2.12. The molecule has 0 saturated heterocycles. The molecular formula is C11H14FNO2. The summed E-state index contributed by atoms with van der Waals surface area (Å²) >= 11 is 0. The zero-order valence-electron chi connectivity index (χ0n) is 9.06. The fourth-order valence-electron chi connectivity index (χ4n) is 1.30. The monoisotopic (exact) mass is 211 g/mol. The Kier molecular flexibility index (Phi) is 3.80. The average molecular weight is 211 g/mol. The van der Waals surface area contributed by atoms with Crippen LogP contribution in [0.2, 0.25) is 0 Å². The highest BCUT2D eigenvalue weighted by Gasteiger charge is 2.14. The Balaban J connectivity index is 3.15. The summed E-state index contributed by atoms with van der Waals surface area (Å²) in [5.41, 5.74) is 0.739. The van der Waals surface area contributed by atoms with Crippen molar-refractivity contribution >= 4 is 5.78 Å². The van der Waals surface area contributed by atoms with Gasteiger partial charge in [0.15, 0.2) is 5.78 Å². The Hall–Kier alpha value is -1.42. The van der Waals surface area contributed by atoms with Gasteiger partial charge in [-0.25, -0.2) is 4.39 Å². The first kappa shape index (κ1) is 11.7. The molecule has 15 heavy (non-hydrogen) atoms. The van der Waals surface area contributed by atoms with E-state index < -0.39 is 5.82 Å². The number of nitrogens with one attached hydrogen (secondary N) is 1. The number of benzene rings is 1. The minimum absolute atomic E-state index is 0.166. The van der Waals surface area contributed by atoms with E-state index >= 15 is 0 Å². The summed E-state index contributed by atoms with van der Waals surface area (Å²) in [7, 11) is 3.12. The molecule has 0 spiro atoms. The molecule has 0 bridgehead atoms. The molecule has 0 saturated carbocycles. The Morgan fingerprint density at radius 1 is 1.53 bits per heavy atom. The van der Waals surface area contributed by atoms with Crippen molar-refractivity contribution in [1.29, 1.82) is 0 Å². The predicted octanol–water partition coefficient (Wildman–Crippen LogP) is 1.54. The van der Waals surface area contributed by atoms with Crippen LogP contribution in [0.25, 0.3) is 0 Å². The van der Waals surface area contributed by atoms with Gasteiger partial charge >= 0.3 is 0 Å². The van der Waals surface area contributed by atoms with E-state index in [1.54, 1.807) is 14.0 Å². The van der Waals surface area contributed by atoms with E-state index in [0.29, 0.717) is 11.3 Å². The van der Waals surface area contributed by atoms with Gasteiger partial charge in [0.25, 0.3) is 0 Å². The van der Waals surface area contributed by atoms with Crippen molar-refractivity contribution in [2.45, 2.75) is 6.92 Å². The largest absolute Gasteiger partial charge is 0.496 e. The molecule has 0 aliphatic carbocycles. The van der Waals surface area contributed by atoms with E-state index in [2.05, 4.69) is 5.32 Å².